The van der Waals surface area contributed by atoms with Crippen LogP contribution in [0.25, 0.3) is 0 Å². The summed E-state index contributed by atoms with van der Waals surface area (Å²) in [5.41, 5.74) is -0.756. The molecule has 5 nitrogen and oxygen atoms in total. The van der Waals surface area contributed by atoms with Gasteiger partial charge < -0.3 is 14.8 Å². The van der Waals surface area contributed by atoms with Crippen molar-refractivity contribution in [2.24, 2.45) is 0 Å². The highest BCUT2D eigenvalue weighted by molar-refractivity contribution is 6.42. The molecule has 2 aromatic rings. The largest absolute Gasteiger partial charge is 0.479 e. The second kappa shape index (κ2) is 6.26. The van der Waals surface area contributed by atoms with E-state index in [-0.39, 0.29) is 10.8 Å². The van der Waals surface area contributed by atoms with Gasteiger partial charge in [-0.15, -0.1) is 0 Å². The summed E-state index contributed by atoms with van der Waals surface area (Å²) in [6, 6.07) is 6.10. The van der Waals surface area contributed by atoms with Crippen molar-refractivity contribution in [2.75, 3.05) is 0 Å². The molecular formula is C16H15Cl2NO4. The minimum absolute atomic E-state index is 0.0787. The predicted octanol–water partition coefficient (Wildman–Crippen LogP) is 3.93. The number of carboxylic acids is 1. The highest BCUT2D eigenvalue weighted by atomic mass is 35.5. The Morgan fingerprint density at radius 3 is 2.30 bits per heavy atom. The predicted molar refractivity (Wildman–Crippen MR) is 87.1 cm³/mol. The zero-order chi connectivity index (χ0) is 17.4. The van der Waals surface area contributed by atoms with Crippen molar-refractivity contribution >= 4 is 35.1 Å². The molecule has 0 aliphatic rings. The van der Waals surface area contributed by atoms with Crippen LogP contribution in [0.15, 0.2) is 28.7 Å². The second-order valence-electron chi connectivity index (χ2n) is 5.38. The standard InChI is InChI=1S/C16H15Cl2NO4/c1-8-6-9(2)23-13(8)14(20)19-16(3,15(21)22)10-4-5-11(17)12(18)7-10/h4-7H,1-3H3,(H,19,20)(H,21,22). The number of carbonyl (C=O) groups excluding carboxylic acids is 1. The van der Waals surface area contributed by atoms with Gasteiger partial charge in [0.1, 0.15) is 5.76 Å². The lowest BCUT2D eigenvalue weighted by Gasteiger charge is -2.26. The van der Waals surface area contributed by atoms with Crippen molar-refractivity contribution in [3.05, 3.63) is 57.0 Å². The molecule has 0 radical (unpaired) electrons. The molecule has 0 fully saturated rings. The Morgan fingerprint density at radius 2 is 1.83 bits per heavy atom. The van der Waals surface area contributed by atoms with Gasteiger partial charge in [0.05, 0.1) is 10.0 Å². The van der Waals surface area contributed by atoms with Crippen molar-refractivity contribution in [1.82, 2.24) is 5.32 Å². The molecule has 2 N–H and O–H groups in total. The SMILES string of the molecule is Cc1cc(C)c(C(=O)NC(C)(C(=O)O)c2ccc(Cl)c(Cl)c2)o1. The topological polar surface area (TPSA) is 79.5 Å². The van der Waals surface area contributed by atoms with Gasteiger partial charge in [-0.1, -0.05) is 29.3 Å². The first-order valence-electron chi connectivity index (χ1n) is 6.73. The molecule has 122 valence electrons. The number of carbonyl (C=O) groups is 2. The zero-order valence-electron chi connectivity index (χ0n) is 12.7. The number of aliphatic carboxylic acids is 1. The molecule has 0 aliphatic heterocycles. The van der Waals surface area contributed by atoms with Crippen LogP contribution in [0.5, 0.6) is 0 Å². The van der Waals surface area contributed by atoms with E-state index >= 15 is 0 Å². The Morgan fingerprint density at radius 1 is 1.17 bits per heavy atom. The zero-order valence-corrected chi connectivity index (χ0v) is 14.2. The highest BCUT2D eigenvalue weighted by Crippen LogP contribution is 2.29. The van der Waals surface area contributed by atoms with Gasteiger partial charge in [0, 0.05) is 5.56 Å². The summed E-state index contributed by atoms with van der Waals surface area (Å²) < 4.78 is 5.33. The van der Waals surface area contributed by atoms with Gasteiger partial charge in [-0.05, 0) is 44.5 Å². The van der Waals surface area contributed by atoms with Crippen LogP contribution in [0.2, 0.25) is 10.0 Å². The average Bonchev–Trinajstić information content (AvgIpc) is 2.80. The van der Waals surface area contributed by atoms with E-state index in [2.05, 4.69) is 5.32 Å². The second-order valence-corrected chi connectivity index (χ2v) is 6.20. The van der Waals surface area contributed by atoms with Gasteiger partial charge in [-0.3, -0.25) is 4.79 Å². The third-order valence-electron chi connectivity index (χ3n) is 3.54. The number of furan rings is 1. The molecular weight excluding hydrogens is 341 g/mol. The molecule has 1 unspecified atom stereocenters. The van der Waals surface area contributed by atoms with Crippen molar-refractivity contribution in [1.29, 1.82) is 0 Å². The van der Waals surface area contributed by atoms with Crippen LogP contribution in [0.1, 0.15) is 34.4 Å². The highest BCUT2D eigenvalue weighted by Gasteiger charge is 2.38. The lowest BCUT2D eigenvalue weighted by atomic mass is 9.91. The van der Waals surface area contributed by atoms with E-state index in [0.29, 0.717) is 21.9 Å². The third kappa shape index (κ3) is 3.35. The Kier molecular flexibility index (Phi) is 4.73. The van der Waals surface area contributed by atoms with Crippen molar-refractivity contribution in [3.8, 4) is 0 Å². The van der Waals surface area contributed by atoms with Gasteiger partial charge in [0.15, 0.2) is 11.3 Å². The van der Waals surface area contributed by atoms with Gasteiger partial charge in [-0.25, -0.2) is 4.79 Å². The lowest BCUT2D eigenvalue weighted by Crippen LogP contribution is -2.49. The summed E-state index contributed by atoms with van der Waals surface area (Å²) in [4.78, 5) is 24.2. The third-order valence-corrected chi connectivity index (χ3v) is 4.27. The minimum Gasteiger partial charge on any atom is -0.479 e. The maximum atomic E-state index is 12.4. The maximum Gasteiger partial charge on any atom is 0.333 e. The fourth-order valence-corrected chi connectivity index (χ4v) is 2.50. The number of aryl methyl sites for hydroxylation is 2. The van der Waals surface area contributed by atoms with Crippen LogP contribution in [0.3, 0.4) is 0 Å². The Bertz CT molecular complexity index is 784. The van der Waals surface area contributed by atoms with Crippen molar-refractivity contribution < 1.29 is 19.1 Å². The molecule has 0 spiro atoms. The minimum atomic E-state index is -1.68. The smallest absolute Gasteiger partial charge is 0.333 e. The van der Waals surface area contributed by atoms with E-state index in [9.17, 15) is 14.7 Å². The van der Waals surface area contributed by atoms with Crippen molar-refractivity contribution in [3.63, 3.8) is 0 Å². The number of halogens is 2. The number of carboxylic acid groups (broad SMARTS) is 1. The Hall–Kier alpha value is -1.98. The van der Waals surface area contributed by atoms with E-state index in [4.69, 9.17) is 27.6 Å². The summed E-state index contributed by atoms with van der Waals surface area (Å²) in [6.07, 6.45) is 0. The van der Waals surface area contributed by atoms with E-state index < -0.39 is 17.4 Å². The van der Waals surface area contributed by atoms with E-state index in [1.54, 1.807) is 19.9 Å². The average molecular weight is 356 g/mol. The molecule has 0 aliphatic carbocycles. The van der Waals surface area contributed by atoms with Gasteiger partial charge in [0.2, 0.25) is 0 Å². The van der Waals surface area contributed by atoms with Gasteiger partial charge in [0.25, 0.3) is 5.91 Å². The molecule has 2 rings (SSSR count). The monoisotopic (exact) mass is 355 g/mol. The first-order valence-corrected chi connectivity index (χ1v) is 7.49. The maximum absolute atomic E-state index is 12.4. The summed E-state index contributed by atoms with van der Waals surface area (Å²) in [5, 5.41) is 12.6. The first kappa shape index (κ1) is 17.4. The van der Waals surface area contributed by atoms with Crippen LogP contribution in [0, 0.1) is 13.8 Å². The van der Waals surface area contributed by atoms with E-state index in [1.807, 2.05) is 0 Å². The quantitative estimate of drug-likeness (QED) is 0.870. The van der Waals surface area contributed by atoms with Crippen LogP contribution in [-0.2, 0) is 10.3 Å². The number of amides is 1. The molecule has 1 aromatic carbocycles. The number of hydrogen-bond donors (Lipinski definition) is 2. The molecule has 1 atom stereocenters. The van der Waals surface area contributed by atoms with E-state index in [0.717, 1.165) is 0 Å². The van der Waals surface area contributed by atoms with Gasteiger partial charge in [-0.2, -0.15) is 0 Å². The van der Waals surface area contributed by atoms with Crippen LogP contribution >= 0.6 is 23.2 Å². The summed E-state index contributed by atoms with van der Waals surface area (Å²) in [6.45, 7) is 4.79. The normalized spacial score (nSPS) is 13.4. The summed E-state index contributed by atoms with van der Waals surface area (Å²) >= 11 is 11.8. The molecule has 0 bridgehead atoms. The lowest BCUT2D eigenvalue weighted by molar-refractivity contribution is -0.144. The molecule has 1 heterocycles. The number of benzene rings is 1. The first-order chi connectivity index (χ1) is 10.6. The fraction of sp³-hybridized carbons (Fsp3) is 0.250. The molecule has 23 heavy (non-hydrogen) atoms. The molecule has 1 aromatic heterocycles. The number of nitrogens with one attached hydrogen (secondary N) is 1. The molecule has 0 saturated heterocycles. The molecule has 7 heteroatoms. The Labute approximate surface area is 143 Å². The van der Waals surface area contributed by atoms with Crippen LogP contribution in [-0.4, -0.2) is 17.0 Å². The summed E-state index contributed by atoms with van der Waals surface area (Å²) in [7, 11) is 0. The summed E-state index contributed by atoms with van der Waals surface area (Å²) in [5.74, 6) is -1.20. The Balaban J connectivity index is 2.41. The molecule has 1 amide bonds. The van der Waals surface area contributed by atoms with Crippen LogP contribution < -0.4 is 5.32 Å². The number of hydrogen-bond acceptors (Lipinski definition) is 3. The van der Waals surface area contributed by atoms with Crippen molar-refractivity contribution in [2.45, 2.75) is 26.3 Å². The van der Waals surface area contributed by atoms with E-state index in [1.165, 1.54) is 25.1 Å². The van der Waals surface area contributed by atoms with Crippen LogP contribution in [0.4, 0.5) is 0 Å². The molecule has 0 saturated carbocycles. The van der Waals surface area contributed by atoms with Gasteiger partial charge >= 0.3 is 5.97 Å². The fourth-order valence-electron chi connectivity index (χ4n) is 2.21. The number of rotatable bonds is 4.